The Morgan fingerprint density at radius 1 is 1.37 bits per heavy atom. The summed E-state index contributed by atoms with van der Waals surface area (Å²) < 4.78 is 5.51. The number of amides is 1. The lowest BCUT2D eigenvalue weighted by Crippen LogP contribution is -2.39. The quantitative estimate of drug-likeness (QED) is 0.857. The van der Waals surface area contributed by atoms with Crippen LogP contribution in [0.5, 0.6) is 0 Å². The first-order valence-corrected chi connectivity index (χ1v) is 6.79. The van der Waals surface area contributed by atoms with E-state index in [1.165, 1.54) is 0 Å². The van der Waals surface area contributed by atoms with Gasteiger partial charge in [0.15, 0.2) is 0 Å². The maximum atomic E-state index is 12.3. The molecule has 1 aromatic rings. The molecule has 0 aliphatic carbocycles. The SMILES string of the molecule is CN(C(=O)C1CCCCO1)c1ccc(C(N)=S)cc1. The second-order valence-electron chi connectivity index (χ2n) is 4.66. The molecule has 1 aliphatic heterocycles. The van der Waals surface area contributed by atoms with Gasteiger partial charge >= 0.3 is 0 Å². The lowest BCUT2D eigenvalue weighted by Gasteiger charge is -2.26. The van der Waals surface area contributed by atoms with Gasteiger partial charge in [-0.25, -0.2) is 0 Å². The van der Waals surface area contributed by atoms with E-state index in [1.807, 2.05) is 24.3 Å². The van der Waals surface area contributed by atoms with Crippen LogP contribution in [0.25, 0.3) is 0 Å². The highest BCUT2D eigenvalue weighted by molar-refractivity contribution is 7.80. The first kappa shape index (κ1) is 14.0. The maximum Gasteiger partial charge on any atom is 0.255 e. The van der Waals surface area contributed by atoms with E-state index in [2.05, 4.69) is 0 Å². The van der Waals surface area contributed by atoms with E-state index in [0.717, 1.165) is 30.5 Å². The summed E-state index contributed by atoms with van der Waals surface area (Å²) in [7, 11) is 1.76. The van der Waals surface area contributed by atoms with Crippen LogP contribution in [0.2, 0.25) is 0 Å². The standard InChI is InChI=1S/C14H18N2O2S/c1-16(14(17)12-4-2-3-9-18-12)11-7-5-10(6-8-11)13(15)19/h5-8,12H,2-4,9H2,1H3,(H2,15,19). The Morgan fingerprint density at radius 2 is 2.05 bits per heavy atom. The summed E-state index contributed by atoms with van der Waals surface area (Å²) in [6.07, 6.45) is 2.57. The molecular formula is C14H18N2O2S. The predicted molar refractivity (Wildman–Crippen MR) is 79.3 cm³/mol. The van der Waals surface area contributed by atoms with Gasteiger partial charge in [-0.1, -0.05) is 12.2 Å². The van der Waals surface area contributed by atoms with Crippen molar-refractivity contribution in [2.45, 2.75) is 25.4 Å². The Labute approximate surface area is 118 Å². The molecule has 1 atom stereocenters. The van der Waals surface area contributed by atoms with Crippen LogP contribution in [0.3, 0.4) is 0 Å². The van der Waals surface area contributed by atoms with Gasteiger partial charge in [-0.15, -0.1) is 0 Å². The van der Waals surface area contributed by atoms with E-state index in [-0.39, 0.29) is 12.0 Å². The molecule has 0 saturated carbocycles. The van der Waals surface area contributed by atoms with Gasteiger partial charge in [-0.05, 0) is 43.5 Å². The Kier molecular flexibility index (Phi) is 4.50. The number of nitrogens with two attached hydrogens (primary N) is 1. The molecule has 4 nitrogen and oxygen atoms in total. The molecule has 19 heavy (non-hydrogen) atoms. The molecule has 102 valence electrons. The van der Waals surface area contributed by atoms with Crippen LogP contribution < -0.4 is 10.6 Å². The maximum absolute atomic E-state index is 12.3. The van der Waals surface area contributed by atoms with Gasteiger partial charge in [-0.3, -0.25) is 4.79 Å². The minimum absolute atomic E-state index is 0.00257. The van der Waals surface area contributed by atoms with Crippen molar-refractivity contribution in [1.29, 1.82) is 0 Å². The zero-order chi connectivity index (χ0) is 13.8. The summed E-state index contributed by atoms with van der Waals surface area (Å²) in [5, 5.41) is 0. The third-order valence-electron chi connectivity index (χ3n) is 3.32. The van der Waals surface area contributed by atoms with Crippen LogP contribution in [0.4, 0.5) is 5.69 Å². The fourth-order valence-corrected chi connectivity index (χ4v) is 2.26. The zero-order valence-corrected chi connectivity index (χ0v) is 11.8. The number of thiocarbonyl (C=S) groups is 1. The number of ether oxygens (including phenoxy) is 1. The molecular weight excluding hydrogens is 260 g/mol. The van der Waals surface area contributed by atoms with E-state index in [9.17, 15) is 4.79 Å². The van der Waals surface area contributed by atoms with Gasteiger partial charge in [0.2, 0.25) is 0 Å². The lowest BCUT2D eigenvalue weighted by molar-refractivity contribution is -0.132. The minimum atomic E-state index is -0.311. The molecule has 5 heteroatoms. The van der Waals surface area contributed by atoms with Gasteiger partial charge in [0, 0.05) is 24.9 Å². The third kappa shape index (κ3) is 3.30. The first-order chi connectivity index (χ1) is 9.09. The predicted octanol–water partition coefficient (Wildman–Crippen LogP) is 1.85. The van der Waals surface area contributed by atoms with Crippen LogP contribution in [-0.4, -0.2) is 30.7 Å². The van der Waals surface area contributed by atoms with Crippen LogP contribution in [0.15, 0.2) is 24.3 Å². The number of rotatable bonds is 3. The van der Waals surface area contributed by atoms with Crippen molar-refractivity contribution in [2.75, 3.05) is 18.6 Å². The Hall–Kier alpha value is -1.46. The molecule has 1 aliphatic rings. The van der Waals surface area contributed by atoms with Crippen LogP contribution in [0.1, 0.15) is 24.8 Å². The Morgan fingerprint density at radius 3 is 2.58 bits per heavy atom. The number of hydrogen-bond donors (Lipinski definition) is 1. The molecule has 1 unspecified atom stereocenters. The topological polar surface area (TPSA) is 55.6 Å². The second kappa shape index (κ2) is 6.12. The van der Waals surface area contributed by atoms with Gasteiger partial charge in [0.05, 0.1) is 0 Å². The molecule has 1 saturated heterocycles. The van der Waals surface area contributed by atoms with Crippen molar-refractivity contribution in [3.63, 3.8) is 0 Å². The van der Waals surface area contributed by atoms with E-state index in [1.54, 1.807) is 11.9 Å². The van der Waals surface area contributed by atoms with Crippen molar-refractivity contribution in [2.24, 2.45) is 5.73 Å². The molecule has 1 heterocycles. The highest BCUT2D eigenvalue weighted by atomic mass is 32.1. The van der Waals surface area contributed by atoms with Gasteiger partial charge in [0.1, 0.15) is 11.1 Å². The highest BCUT2D eigenvalue weighted by Gasteiger charge is 2.25. The average molecular weight is 278 g/mol. The first-order valence-electron chi connectivity index (χ1n) is 6.38. The van der Waals surface area contributed by atoms with Gasteiger partial charge in [-0.2, -0.15) is 0 Å². The summed E-state index contributed by atoms with van der Waals surface area (Å²) >= 11 is 4.90. The highest BCUT2D eigenvalue weighted by Crippen LogP contribution is 2.19. The van der Waals surface area contributed by atoms with Crippen LogP contribution >= 0.6 is 12.2 Å². The molecule has 1 amide bonds. The smallest absolute Gasteiger partial charge is 0.255 e. The number of benzene rings is 1. The third-order valence-corrected chi connectivity index (χ3v) is 3.56. The zero-order valence-electron chi connectivity index (χ0n) is 11.0. The van der Waals surface area contributed by atoms with E-state index in [4.69, 9.17) is 22.7 Å². The molecule has 1 aromatic carbocycles. The van der Waals surface area contributed by atoms with Gasteiger partial charge in [0.25, 0.3) is 5.91 Å². The Balaban J connectivity index is 2.07. The van der Waals surface area contributed by atoms with Crippen molar-refractivity contribution < 1.29 is 9.53 Å². The largest absolute Gasteiger partial charge is 0.389 e. The van der Waals surface area contributed by atoms with Crippen molar-refractivity contribution in [1.82, 2.24) is 0 Å². The van der Waals surface area contributed by atoms with Crippen molar-refractivity contribution in [3.05, 3.63) is 29.8 Å². The molecule has 0 bridgehead atoms. The monoisotopic (exact) mass is 278 g/mol. The van der Waals surface area contributed by atoms with E-state index < -0.39 is 0 Å². The normalized spacial score (nSPS) is 18.9. The number of anilines is 1. The summed E-state index contributed by atoms with van der Waals surface area (Å²) in [6.45, 7) is 0.671. The second-order valence-corrected chi connectivity index (χ2v) is 5.10. The Bertz CT molecular complexity index is 467. The molecule has 2 rings (SSSR count). The summed E-state index contributed by atoms with van der Waals surface area (Å²) in [6, 6.07) is 7.33. The van der Waals surface area contributed by atoms with Gasteiger partial charge < -0.3 is 15.4 Å². The van der Waals surface area contributed by atoms with Crippen molar-refractivity contribution in [3.8, 4) is 0 Å². The summed E-state index contributed by atoms with van der Waals surface area (Å²) in [5.41, 5.74) is 7.17. The molecule has 2 N–H and O–H groups in total. The summed E-state index contributed by atoms with van der Waals surface area (Å²) in [5.74, 6) is 0.00257. The lowest BCUT2D eigenvalue weighted by atomic mass is 10.1. The molecule has 0 spiro atoms. The van der Waals surface area contributed by atoms with E-state index >= 15 is 0 Å². The number of likely N-dealkylation sites (N-methyl/N-ethyl adjacent to an activating group) is 1. The fourth-order valence-electron chi connectivity index (χ4n) is 2.13. The minimum Gasteiger partial charge on any atom is -0.389 e. The number of carbonyl (C=O) groups excluding carboxylic acids is 1. The van der Waals surface area contributed by atoms with E-state index in [0.29, 0.717) is 11.6 Å². The molecule has 1 fully saturated rings. The number of hydrogen-bond acceptors (Lipinski definition) is 3. The number of nitrogens with zero attached hydrogens (tertiary/aromatic N) is 1. The molecule has 0 aromatic heterocycles. The molecule has 0 radical (unpaired) electrons. The van der Waals surface area contributed by atoms with Crippen LogP contribution in [-0.2, 0) is 9.53 Å². The average Bonchev–Trinajstić information content (AvgIpc) is 2.46. The summed E-state index contributed by atoms with van der Waals surface area (Å²) in [4.78, 5) is 14.2. The fraction of sp³-hybridized carbons (Fsp3) is 0.429. The van der Waals surface area contributed by atoms with Crippen molar-refractivity contribution >= 4 is 28.8 Å². The number of carbonyl (C=O) groups is 1. The van der Waals surface area contributed by atoms with Crippen LogP contribution in [0, 0.1) is 0 Å².